The van der Waals surface area contributed by atoms with E-state index < -0.39 is 10.8 Å². The number of benzene rings is 2. The third-order valence-electron chi connectivity index (χ3n) is 4.56. The molecule has 1 atom stereocenters. The van der Waals surface area contributed by atoms with E-state index >= 15 is 0 Å². The van der Waals surface area contributed by atoms with E-state index in [4.69, 9.17) is 33.7 Å². The number of aromatic amines is 1. The van der Waals surface area contributed by atoms with E-state index in [9.17, 15) is 15.4 Å². The van der Waals surface area contributed by atoms with E-state index in [1.54, 1.807) is 30.3 Å². The van der Waals surface area contributed by atoms with Crippen LogP contribution in [0.15, 0.2) is 53.9 Å². The number of nitro benzene ring substituents is 1. The molecule has 3 aromatic rings. The van der Waals surface area contributed by atoms with Gasteiger partial charge in [0.1, 0.15) is 11.6 Å². The summed E-state index contributed by atoms with van der Waals surface area (Å²) in [4.78, 5) is 10.7. The summed E-state index contributed by atoms with van der Waals surface area (Å²) >= 11 is 12.2. The molecule has 2 aromatic carbocycles. The average Bonchev–Trinajstić information content (AvgIpc) is 3.12. The number of halogens is 2. The Balaban J connectivity index is 1.95. The Labute approximate surface area is 174 Å². The lowest BCUT2D eigenvalue weighted by Gasteiger charge is -2.24. The lowest BCUT2D eigenvalue weighted by atomic mass is 9.83. The van der Waals surface area contributed by atoms with Gasteiger partial charge >= 0.3 is 0 Å². The third kappa shape index (κ3) is 3.16. The molecular weight excluding hydrogens is 417 g/mol. The van der Waals surface area contributed by atoms with Crippen molar-refractivity contribution in [2.24, 2.45) is 5.73 Å². The van der Waals surface area contributed by atoms with Crippen molar-refractivity contribution >= 4 is 28.9 Å². The van der Waals surface area contributed by atoms with Crippen molar-refractivity contribution in [3.05, 3.63) is 85.2 Å². The van der Waals surface area contributed by atoms with Gasteiger partial charge in [0.05, 0.1) is 32.1 Å². The predicted octanol–water partition coefficient (Wildman–Crippen LogP) is 4.51. The van der Waals surface area contributed by atoms with E-state index in [0.717, 1.165) is 0 Å². The van der Waals surface area contributed by atoms with Crippen LogP contribution in [0.1, 0.15) is 17.0 Å². The van der Waals surface area contributed by atoms with Crippen LogP contribution in [-0.4, -0.2) is 15.1 Å². The number of aromatic nitrogens is 2. The number of rotatable bonds is 3. The molecule has 0 spiro atoms. The summed E-state index contributed by atoms with van der Waals surface area (Å²) in [5.74, 6) is -0.543. The van der Waals surface area contributed by atoms with Crippen molar-refractivity contribution in [1.82, 2.24) is 10.2 Å². The molecule has 1 aliphatic rings. The smallest absolute Gasteiger partial charge is 0.270 e. The largest absolute Gasteiger partial charge is 0.420 e. The van der Waals surface area contributed by atoms with Crippen molar-refractivity contribution in [3.8, 4) is 23.2 Å². The molecule has 2 heterocycles. The number of nitrogens with zero attached hydrogens (tertiary/aromatic N) is 3. The third-order valence-corrected chi connectivity index (χ3v) is 5.30. The molecule has 0 saturated carbocycles. The van der Waals surface area contributed by atoms with E-state index in [0.29, 0.717) is 32.4 Å². The highest BCUT2D eigenvalue weighted by atomic mass is 35.5. The molecule has 1 aliphatic heterocycles. The lowest BCUT2D eigenvalue weighted by molar-refractivity contribution is -0.384. The molecule has 0 aliphatic carbocycles. The van der Waals surface area contributed by atoms with E-state index in [-0.39, 0.29) is 23.0 Å². The van der Waals surface area contributed by atoms with Crippen molar-refractivity contribution in [3.63, 3.8) is 0 Å². The first-order valence-electron chi connectivity index (χ1n) is 8.26. The van der Waals surface area contributed by atoms with Gasteiger partial charge in [0.2, 0.25) is 11.8 Å². The SMILES string of the molecule is N#CC1=C(N)Oc2n[nH]c(-c3cccc([N+](=O)[O-])c3)c2[C@@H]1c1ccc(Cl)c(Cl)c1. The molecule has 0 radical (unpaired) electrons. The molecule has 29 heavy (non-hydrogen) atoms. The number of allylic oxidation sites excluding steroid dienone is 1. The minimum Gasteiger partial charge on any atom is -0.420 e. The number of nitrogens with two attached hydrogens (primary N) is 1. The number of nitriles is 1. The van der Waals surface area contributed by atoms with Gasteiger partial charge in [-0.3, -0.25) is 15.2 Å². The molecule has 0 fully saturated rings. The molecule has 0 saturated heterocycles. The van der Waals surface area contributed by atoms with Crippen molar-refractivity contribution < 1.29 is 9.66 Å². The first-order chi connectivity index (χ1) is 13.9. The van der Waals surface area contributed by atoms with Crippen LogP contribution in [0.3, 0.4) is 0 Å². The molecule has 0 bridgehead atoms. The number of H-pyrrole nitrogens is 1. The Hall–Kier alpha value is -3.54. The molecule has 8 nitrogen and oxygen atoms in total. The quantitative estimate of drug-likeness (QED) is 0.466. The first-order valence-corrected chi connectivity index (χ1v) is 9.02. The maximum Gasteiger partial charge on any atom is 0.270 e. The number of hydrogen-bond donors (Lipinski definition) is 2. The Morgan fingerprint density at radius 2 is 2.03 bits per heavy atom. The van der Waals surface area contributed by atoms with Gasteiger partial charge in [-0.25, -0.2) is 0 Å². The van der Waals surface area contributed by atoms with Gasteiger partial charge in [-0.15, -0.1) is 5.10 Å². The summed E-state index contributed by atoms with van der Waals surface area (Å²) in [7, 11) is 0. The second kappa shape index (κ2) is 7.13. The van der Waals surface area contributed by atoms with Crippen LogP contribution in [0, 0.1) is 21.4 Å². The fourth-order valence-corrected chi connectivity index (χ4v) is 3.57. The van der Waals surface area contributed by atoms with Gasteiger partial charge in [-0.2, -0.15) is 5.26 Å². The number of nitro groups is 1. The van der Waals surface area contributed by atoms with Crippen molar-refractivity contribution in [2.45, 2.75) is 5.92 Å². The summed E-state index contributed by atoms with van der Waals surface area (Å²) in [6, 6.07) is 13.1. The normalized spacial score (nSPS) is 15.4. The van der Waals surface area contributed by atoms with Gasteiger partial charge in [0, 0.05) is 17.7 Å². The Bertz CT molecular complexity index is 1230. The second-order valence-corrected chi connectivity index (χ2v) is 7.04. The summed E-state index contributed by atoms with van der Waals surface area (Å²) in [5, 5.41) is 28.5. The number of fused-ring (bicyclic) bond motifs is 1. The Morgan fingerprint density at radius 1 is 1.24 bits per heavy atom. The maximum absolute atomic E-state index is 11.2. The number of hydrogen-bond acceptors (Lipinski definition) is 6. The fourth-order valence-electron chi connectivity index (χ4n) is 3.27. The lowest BCUT2D eigenvalue weighted by Crippen LogP contribution is -2.21. The van der Waals surface area contributed by atoms with Crippen LogP contribution >= 0.6 is 23.2 Å². The van der Waals surface area contributed by atoms with E-state index in [1.807, 2.05) is 0 Å². The minimum atomic E-state index is -0.647. The van der Waals surface area contributed by atoms with Crippen molar-refractivity contribution in [2.75, 3.05) is 0 Å². The van der Waals surface area contributed by atoms with Crippen LogP contribution in [-0.2, 0) is 0 Å². The molecule has 1 aromatic heterocycles. The summed E-state index contributed by atoms with van der Waals surface area (Å²) in [5.41, 5.74) is 8.19. The van der Waals surface area contributed by atoms with Crippen molar-refractivity contribution in [1.29, 1.82) is 5.26 Å². The van der Waals surface area contributed by atoms with Crippen LogP contribution in [0.2, 0.25) is 10.0 Å². The number of nitrogens with one attached hydrogen (secondary N) is 1. The zero-order valence-electron chi connectivity index (χ0n) is 14.5. The molecule has 0 amide bonds. The average molecular weight is 428 g/mol. The molecule has 4 rings (SSSR count). The van der Waals surface area contributed by atoms with Gasteiger partial charge in [-0.05, 0) is 17.7 Å². The van der Waals surface area contributed by atoms with Gasteiger partial charge in [0.25, 0.3) is 5.69 Å². The zero-order valence-corrected chi connectivity index (χ0v) is 16.0. The fraction of sp³-hybridized carbons (Fsp3) is 0.0526. The Morgan fingerprint density at radius 3 is 2.72 bits per heavy atom. The topological polar surface area (TPSA) is 131 Å². The molecule has 3 N–H and O–H groups in total. The first kappa shape index (κ1) is 18.8. The molecular formula is C19H11Cl2N5O3. The monoisotopic (exact) mass is 427 g/mol. The van der Waals surface area contributed by atoms with Gasteiger partial charge in [0.15, 0.2) is 0 Å². The number of non-ortho nitro benzene ring substituents is 1. The van der Waals surface area contributed by atoms with Gasteiger partial charge < -0.3 is 10.5 Å². The zero-order chi connectivity index (χ0) is 20.7. The second-order valence-electron chi connectivity index (χ2n) is 6.22. The maximum atomic E-state index is 11.2. The minimum absolute atomic E-state index is 0.0758. The molecule has 10 heteroatoms. The van der Waals surface area contributed by atoms with Crippen LogP contribution in [0.25, 0.3) is 11.3 Å². The summed E-state index contributed by atoms with van der Waals surface area (Å²) in [6.07, 6.45) is 0. The molecule has 0 unspecified atom stereocenters. The highest BCUT2D eigenvalue weighted by Crippen LogP contribution is 2.46. The summed E-state index contributed by atoms with van der Waals surface area (Å²) in [6.45, 7) is 0. The highest BCUT2D eigenvalue weighted by Gasteiger charge is 2.36. The Kier molecular flexibility index (Phi) is 4.62. The molecule has 144 valence electrons. The predicted molar refractivity (Wildman–Crippen MR) is 106 cm³/mol. The van der Waals surface area contributed by atoms with E-state index in [2.05, 4.69) is 16.3 Å². The highest BCUT2D eigenvalue weighted by molar-refractivity contribution is 6.42. The summed E-state index contributed by atoms with van der Waals surface area (Å²) < 4.78 is 5.52. The van der Waals surface area contributed by atoms with Gasteiger partial charge in [-0.1, -0.05) is 41.4 Å². The number of ether oxygens (including phenoxy) is 1. The standard InChI is InChI=1S/C19H11Cl2N5O3/c20-13-5-4-9(7-14(13)21)15-12(8-22)18(23)29-19-16(15)17(24-25-19)10-2-1-3-11(6-10)26(27)28/h1-7,15H,23H2,(H,24,25)/t15-/m1/s1. The van der Waals surface area contributed by atoms with E-state index in [1.165, 1.54) is 12.1 Å². The van der Waals surface area contributed by atoms with Crippen LogP contribution in [0.5, 0.6) is 5.88 Å². The van der Waals surface area contributed by atoms with Crippen LogP contribution < -0.4 is 10.5 Å². The van der Waals surface area contributed by atoms with Crippen LogP contribution in [0.4, 0.5) is 5.69 Å².